The van der Waals surface area contributed by atoms with Crippen molar-refractivity contribution < 1.29 is 14.6 Å². The highest BCUT2D eigenvalue weighted by Gasteiger charge is 2.26. The number of carbonyl (C=O) groups is 1. The molecule has 5 heteroatoms. The number of hydrogen-bond donors (Lipinski definition) is 2. The molecule has 2 unspecified atom stereocenters. The van der Waals surface area contributed by atoms with E-state index in [4.69, 9.17) is 4.74 Å². The van der Waals surface area contributed by atoms with E-state index in [2.05, 4.69) is 16.3 Å². The minimum atomic E-state index is -0.557. The molecular weight excluding hydrogens is 304 g/mol. The molecule has 0 saturated carbocycles. The van der Waals surface area contributed by atoms with Gasteiger partial charge in [0, 0.05) is 19.6 Å². The average Bonchev–Trinajstić information content (AvgIpc) is 2.54. The highest BCUT2D eigenvalue weighted by Crippen LogP contribution is 2.20. The lowest BCUT2D eigenvalue weighted by Gasteiger charge is -2.33. The summed E-state index contributed by atoms with van der Waals surface area (Å²) in [5, 5.41) is 13.2. The van der Waals surface area contributed by atoms with E-state index in [0.717, 1.165) is 30.7 Å². The van der Waals surface area contributed by atoms with Gasteiger partial charge in [0.25, 0.3) is 0 Å². The summed E-state index contributed by atoms with van der Waals surface area (Å²) in [7, 11) is 0. The molecule has 134 valence electrons. The number of likely N-dealkylation sites (tertiary alicyclic amines) is 1. The lowest BCUT2D eigenvalue weighted by atomic mass is 9.97. The second-order valence-corrected chi connectivity index (χ2v) is 6.73. The van der Waals surface area contributed by atoms with Gasteiger partial charge < -0.3 is 15.2 Å². The van der Waals surface area contributed by atoms with Crippen LogP contribution in [-0.2, 0) is 4.79 Å². The molecule has 5 nitrogen and oxygen atoms in total. The summed E-state index contributed by atoms with van der Waals surface area (Å²) in [5.74, 6) is 0.980. The van der Waals surface area contributed by atoms with Gasteiger partial charge in [0.15, 0.2) is 0 Å². The average molecular weight is 334 g/mol. The summed E-state index contributed by atoms with van der Waals surface area (Å²) < 4.78 is 5.75. The van der Waals surface area contributed by atoms with E-state index in [1.807, 2.05) is 32.9 Å². The van der Waals surface area contributed by atoms with Crippen molar-refractivity contribution in [2.24, 2.45) is 5.92 Å². The van der Waals surface area contributed by atoms with Crippen LogP contribution in [0.3, 0.4) is 0 Å². The molecule has 0 aliphatic carbocycles. The molecule has 2 atom stereocenters. The Morgan fingerprint density at radius 1 is 1.46 bits per heavy atom. The smallest absolute Gasteiger partial charge is 0.224 e. The van der Waals surface area contributed by atoms with Gasteiger partial charge in [-0.3, -0.25) is 9.69 Å². The Balaban J connectivity index is 1.79. The van der Waals surface area contributed by atoms with Crippen molar-refractivity contribution in [1.29, 1.82) is 0 Å². The van der Waals surface area contributed by atoms with Crippen LogP contribution in [0.2, 0.25) is 0 Å². The fourth-order valence-electron chi connectivity index (χ4n) is 3.25. The Kier molecular flexibility index (Phi) is 7.06. The number of ether oxygens (including phenoxy) is 1. The Hall–Kier alpha value is -1.59. The molecule has 2 rings (SSSR count). The van der Waals surface area contributed by atoms with Crippen LogP contribution in [0.1, 0.15) is 30.9 Å². The molecule has 2 N–H and O–H groups in total. The van der Waals surface area contributed by atoms with Crippen molar-refractivity contribution >= 4 is 5.91 Å². The summed E-state index contributed by atoms with van der Waals surface area (Å²) in [6.07, 6.45) is 1.36. The van der Waals surface area contributed by atoms with Gasteiger partial charge in [0.05, 0.1) is 5.92 Å². The quantitative estimate of drug-likeness (QED) is 0.799. The number of aryl methyl sites for hydroxylation is 2. The molecule has 1 aromatic carbocycles. The zero-order valence-electron chi connectivity index (χ0n) is 15.0. The number of carbonyl (C=O) groups excluding carboxylic acids is 1. The second kappa shape index (κ2) is 9.04. The van der Waals surface area contributed by atoms with E-state index in [1.165, 1.54) is 5.56 Å². The van der Waals surface area contributed by atoms with Crippen LogP contribution in [0.25, 0.3) is 0 Å². The minimum Gasteiger partial charge on any atom is -0.491 e. The zero-order valence-corrected chi connectivity index (χ0v) is 15.0. The minimum absolute atomic E-state index is 0.0335. The van der Waals surface area contributed by atoms with Crippen LogP contribution in [-0.4, -0.2) is 54.8 Å². The van der Waals surface area contributed by atoms with E-state index >= 15 is 0 Å². The van der Waals surface area contributed by atoms with E-state index in [0.29, 0.717) is 19.6 Å². The molecule has 1 aliphatic heterocycles. The second-order valence-electron chi connectivity index (χ2n) is 6.73. The van der Waals surface area contributed by atoms with E-state index < -0.39 is 6.10 Å². The van der Waals surface area contributed by atoms with Crippen molar-refractivity contribution in [2.45, 2.75) is 39.7 Å². The monoisotopic (exact) mass is 334 g/mol. The summed E-state index contributed by atoms with van der Waals surface area (Å²) >= 11 is 0. The van der Waals surface area contributed by atoms with Crippen LogP contribution < -0.4 is 10.1 Å². The molecule has 24 heavy (non-hydrogen) atoms. The molecule has 0 aromatic heterocycles. The largest absolute Gasteiger partial charge is 0.491 e. The number of hydrogen-bond acceptors (Lipinski definition) is 4. The van der Waals surface area contributed by atoms with E-state index in [9.17, 15) is 9.90 Å². The summed E-state index contributed by atoms with van der Waals surface area (Å²) in [4.78, 5) is 14.1. The lowest BCUT2D eigenvalue weighted by molar-refractivity contribution is -0.126. The number of β-amino-alcohol motifs (C(OH)–C–C–N with tert-alkyl or cyclic N) is 1. The topological polar surface area (TPSA) is 61.8 Å². The maximum Gasteiger partial charge on any atom is 0.224 e. The fraction of sp³-hybridized carbons (Fsp3) is 0.632. The molecule has 1 heterocycles. The first-order chi connectivity index (χ1) is 11.5. The van der Waals surface area contributed by atoms with Crippen LogP contribution in [0, 0.1) is 19.8 Å². The van der Waals surface area contributed by atoms with Crippen LogP contribution in [0.15, 0.2) is 18.2 Å². The van der Waals surface area contributed by atoms with Crippen LogP contribution in [0.4, 0.5) is 0 Å². The van der Waals surface area contributed by atoms with Gasteiger partial charge in [-0.2, -0.15) is 0 Å². The standard InChI is InChI=1S/C19H30N2O3/c1-4-20-19(23)16-6-5-9-21(11-16)12-17(22)13-24-18-8-7-14(2)10-15(18)3/h7-8,10,16-17,22H,4-6,9,11-13H2,1-3H3,(H,20,23). The Bertz CT molecular complexity index is 547. The van der Waals surface area contributed by atoms with Crippen molar-refractivity contribution in [1.82, 2.24) is 10.2 Å². The van der Waals surface area contributed by atoms with Crippen molar-refractivity contribution in [3.8, 4) is 5.75 Å². The van der Waals surface area contributed by atoms with Gasteiger partial charge in [-0.05, 0) is 51.8 Å². The number of amides is 1. The van der Waals surface area contributed by atoms with Crippen molar-refractivity contribution in [3.63, 3.8) is 0 Å². The fourth-order valence-corrected chi connectivity index (χ4v) is 3.25. The number of piperidine rings is 1. The molecule has 0 spiro atoms. The van der Waals surface area contributed by atoms with Crippen molar-refractivity contribution in [2.75, 3.05) is 32.8 Å². The third-order valence-electron chi connectivity index (χ3n) is 4.46. The predicted octanol–water partition coefficient (Wildman–Crippen LogP) is 1.89. The number of benzene rings is 1. The van der Waals surface area contributed by atoms with Crippen molar-refractivity contribution in [3.05, 3.63) is 29.3 Å². The number of aliphatic hydroxyl groups excluding tert-OH is 1. The number of nitrogens with one attached hydrogen (secondary N) is 1. The molecule has 0 radical (unpaired) electrons. The number of nitrogens with zero attached hydrogens (tertiary/aromatic N) is 1. The normalized spacial score (nSPS) is 19.8. The van der Waals surface area contributed by atoms with E-state index in [-0.39, 0.29) is 18.4 Å². The summed E-state index contributed by atoms with van der Waals surface area (Å²) in [6, 6.07) is 6.03. The Labute approximate surface area is 145 Å². The van der Waals surface area contributed by atoms with Crippen LogP contribution in [0.5, 0.6) is 5.75 Å². The number of aliphatic hydroxyl groups is 1. The third-order valence-corrected chi connectivity index (χ3v) is 4.46. The maximum absolute atomic E-state index is 12.0. The highest BCUT2D eigenvalue weighted by atomic mass is 16.5. The SMILES string of the molecule is CCNC(=O)C1CCCN(CC(O)COc2ccc(C)cc2C)C1. The first-order valence-corrected chi connectivity index (χ1v) is 8.87. The van der Waals surface area contributed by atoms with Gasteiger partial charge in [-0.1, -0.05) is 17.7 Å². The third kappa shape index (κ3) is 5.49. The molecule has 0 bridgehead atoms. The first kappa shape index (κ1) is 18.7. The molecular formula is C19H30N2O3. The Morgan fingerprint density at radius 2 is 2.25 bits per heavy atom. The number of rotatable bonds is 7. The Morgan fingerprint density at radius 3 is 2.96 bits per heavy atom. The molecule has 1 amide bonds. The van der Waals surface area contributed by atoms with Crippen LogP contribution >= 0.6 is 0 Å². The van der Waals surface area contributed by atoms with E-state index in [1.54, 1.807) is 0 Å². The molecule has 1 saturated heterocycles. The molecule has 1 aromatic rings. The van der Waals surface area contributed by atoms with Gasteiger partial charge in [0.1, 0.15) is 18.5 Å². The highest BCUT2D eigenvalue weighted by molar-refractivity contribution is 5.78. The molecule has 1 fully saturated rings. The lowest BCUT2D eigenvalue weighted by Crippen LogP contribution is -2.46. The zero-order chi connectivity index (χ0) is 17.5. The van der Waals surface area contributed by atoms with Gasteiger partial charge in [-0.15, -0.1) is 0 Å². The maximum atomic E-state index is 12.0. The first-order valence-electron chi connectivity index (χ1n) is 8.87. The van der Waals surface area contributed by atoms with Gasteiger partial charge in [0.2, 0.25) is 5.91 Å². The molecule has 1 aliphatic rings. The summed E-state index contributed by atoms with van der Waals surface area (Å²) in [6.45, 7) is 9.12. The van der Waals surface area contributed by atoms with Gasteiger partial charge >= 0.3 is 0 Å². The predicted molar refractivity (Wildman–Crippen MR) is 95.3 cm³/mol. The van der Waals surface area contributed by atoms with Gasteiger partial charge in [-0.25, -0.2) is 0 Å². The summed E-state index contributed by atoms with van der Waals surface area (Å²) in [5.41, 5.74) is 2.28.